The van der Waals surface area contributed by atoms with Crippen LogP contribution < -0.4 is 0 Å². The van der Waals surface area contributed by atoms with E-state index in [1.165, 1.54) is 19.4 Å². The highest BCUT2D eigenvalue weighted by Gasteiger charge is 2.27. The standard InChI is InChI=1S/C11H23NO/c1-9(2)12-7-10(3)5-6-11(12)8-13-4/h9-11H,5-8H2,1-4H3. The number of methoxy groups -OCH3 is 1. The number of ether oxygens (including phenoxy) is 1. The Kier molecular flexibility index (Phi) is 4.20. The second kappa shape index (κ2) is 4.97. The highest BCUT2D eigenvalue weighted by atomic mass is 16.5. The van der Waals surface area contributed by atoms with Crippen molar-refractivity contribution in [3.05, 3.63) is 0 Å². The van der Waals surface area contributed by atoms with Gasteiger partial charge < -0.3 is 4.74 Å². The van der Waals surface area contributed by atoms with Gasteiger partial charge in [0, 0.05) is 25.7 Å². The average Bonchev–Trinajstić information content (AvgIpc) is 2.08. The molecule has 0 bridgehead atoms. The molecular weight excluding hydrogens is 162 g/mol. The molecule has 0 aromatic heterocycles. The maximum Gasteiger partial charge on any atom is 0.0618 e. The molecular formula is C11H23NO. The Morgan fingerprint density at radius 1 is 1.38 bits per heavy atom. The first-order valence-electron chi connectivity index (χ1n) is 5.39. The van der Waals surface area contributed by atoms with E-state index in [0.29, 0.717) is 12.1 Å². The van der Waals surface area contributed by atoms with Crippen LogP contribution in [-0.2, 0) is 4.74 Å². The zero-order valence-corrected chi connectivity index (χ0v) is 9.42. The van der Waals surface area contributed by atoms with E-state index in [9.17, 15) is 0 Å². The molecule has 0 radical (unpaired) electrons. The largest absolute Gasteiger partial charge is 0.383 e. The number of likely N-dealkylation sites (tertiary alicyclic amines) is 1. The lowest BCUT2D eigenvalue weighted by molar-refractivity contribution is 0.0279. The van der Waals surface area contributed by atoms with Gasteiger partial charge in [-0.1, -0.05) is 6.92 Å². The highest BCUT2D eigenvalue weighted by Crippen LogP contribution is 2.23. The lowest BCUT2D eigenvalue weighted by Gasteiger charge is -2.41. The molecule has 2 nitrogen and oxygen atoms in total. The van der Waals surface area contributed by atoms with E-state index in [4.69, 9.17) is 4.74 Å². The second-order valence-corrected chi connectivity index (χ2v) is 4.58. The molecule has 1 heterocycles. The van der Waals surface area contributed by atoms with Crippen molar-refractivity contribution >= 4 is 0 Å². The Hall–Kier alpha value is -0.0800. The molecule has 0 aromatic rings. The Balaban J connectivity index is 2.50. The SMILES string of the molecule is COCC1CCC(C)CN1C(C)C. The van der Waals surface area contributed by atoms with E-state index in [2.05, 4.69) is 25.7 Å². The Morgan fingerprint density at radius 2 is 2.08 bits per heavy atom. The van der Waals surface area contributed by atoms with Crippen LogP contribution >= 0.6 is 0 Å². The molecule has 1 saturated heterocycles. The Morgan fingerprint density at radius 3 is 2.62 bits per heavy atom. The van der Waals surface area contributed by atoms with E-state index in [1.807, 2.05) is 0 Å². The van der Waals surface area contributed by atoms with Crippen LogP contribution in [0.3, 0.4) is 0 Å². The van der Waals surface area contributed by atoms with Crippen molar-refractivity contribution in [2.45, 2.75) is 45.7 Å². The minimum absolute atomic E-state index is 0.654. The fourth-order valence-corrected chi connectivity index (χ4v) is 2.25. The van der Waals surface area contributed by atoms with Gasteiger partial charge in [-0.3, -0.25) is 4.90 Å². The summed E-state index contributed by atoms with van der Waals surface area (Å²) in [6.07, 6.45) is 2.66. The van der Waals surface area contributed by atoms with Gasteiger partial charge in [0.25, 0.3) is 0 Å². The van der Waals surface area contributed by atoms with Crippen LogP contribution in [-0.4, -0.2) is 37.2 Å². The molecule has 0 N–H and O–H groups in total. The van der Waals surface area contributed by atoms with Gasteiger partial charge >= 0.3 is 0 Å². The van der Waals surface area contributed by atoms with Crippen LogP contribution in [0.2, 0.25) is 0 Å². The molecule has 1 aliphatic heterocycles. The third-order valence-electron chi connectivity index (χ3n) is 3.01. The fourth-order valence-electron chi connectivity index (χ4n) is 2.25. The van der Waals surface area contributed by atoms with E-state index in [0.717, 1.165) is 12.5 Å². The van der Waals surface area contributed by atoms with Crippen molar-refractivity contribution in [1.29, 1.82) is 0 Å². The topological polar surface area (TPSA) is 12.5 Å². The first kappa shape index (κ1) is 11.0. The molecule has 13 heavy (non-hydrogen) atoms. The number of hydrogen-bond acceptors (Lipinski definition) is 2. The fraction of sp³-hybridized carbons (Fsp3) is 1.00. The smallest absolute Gasteiger partial charge is 0.0618 e. The van der Waals surface area contributed by atoms with Gasteiger partial charge in [0.2, 0.25) is 0 Å². The summed E-state index contributed by atoms with van der Waals surface area (Å²) >= 11 is 0. The molecule has 0 aliphatic carbocycles. The molecule has 2 heteroatoms. The maximum atomic E-state index is 5.26. The maximum absolute atomic E-state index is 5.26. The summed E-state index contributed by atoms with van der Waals surface area (Å²) in [5.74, 6) is 0.857. The normalized spacial score (nSPS) is 31.2. The van der Waals surface area contributed by atoms with Crippen LogP contribution in [0.25, 0.3) is 0 Å². The molecule has 0 amide bonds. The predicted octanol–water partition coefficient (Wildman–Crippen LogP) is 2.14. The van der Waals surface area contributed by atoms with Crippen LogP contribution in [0.4, 0.5) is 0 Å². The molecule has 0 saturated carbocycles. The van der Waals surface area contributed by atoms with E-state index >= 15 is 0 Å². The van der Waals surface area contributed by atoms with Gasteiger partial charge in [0.15, 0.2) is 0 Å². The van der Waals surface area contributed by atoms with Gasteiger partial charge in [0.1, 0.15) is 0 Å². The summed E-state index contributed by atoms with van der Waals surface area (Å²) < 4.78 is 5.26. The first-order chi connectivity index (χ1) is 6.15. The van der Waals surface area contributed by atoms with E-state index in [1.54, 1.807) is 7.11 Å². The van der Waals surface area contributed by atoms with Gasteiger partial charge in [-0.15, -0.1) is 0 Å². The van der Waals surface area contributed by atoms with Crippen LogP contribution in [0, 0.1) is 5.92 Å². The summed E-state index contributed by atoms with van der Waals surface area (Å²) in [5, 5.41) is 0. The van der Waals surface area contributed by atoms with Crippen LogP contribution in [0.15, 0.2) is 0 Å². The van der Waals surface area contributed by atoms with Crippen molar-refractivity contribution in [3.8, 4) is 0 Å². The molecule has 78 valence electrons. The van der Waals surface area contributed by atoms with Gasteiger partial charge in [-0.05, 0) is 32.6 Å². The molecule has 1 aliphatic rings. The van der Waals surface area contributed by atoms with Crippen LogP contribution in [0.1, 0.15) is 33.6 Å². The van der Waals surface area contributed by atoms with Gasteiger partial charge in [-0.25, -0.2) is 0 Å². The molecule has 0 spiro atoms. The third-order valence-corrected chi connectivity index (χ3v) is 3.01. The van der Waals surface area contributed by atoms with Crippen molar-refractivity contribution in [2.24, 2.45) is 5.92 Å². The van der Waals surface area contributed by atoms with Gasteiger partial charge in [0.05, 0.1) is 6.61 Å². The molecule has 1 rings (SSSR count). The predicted molar refractivity (Wildman–Crippen MR) is 55.9 cm³/mol. The highest BCUT2D eigenvalue weighted by molar-refractivity contribution is 4.81. The summed E-state index contributed by atoms with van der Waals surface area (Å²) in [5.41, 5.74) is 0. The first-order valence-corrected chi connectivity index (χ1v) is 5.39. The molecule has 0 aromatic carbocycles. The van der Waals surface area contributed by atoms with Crippen LogP contribution in [0.5, 0.6) is 0 Å². The summed E-state index contributed by atoms with van der Waals surface area (Å²) in [7, 11) is 1.80. The Bertz CT molecular complexity index is 147. The molecule has 2 unspecified atom stereocenters. The monoisotopic (exact) mass is 185 g/mol. The zero-order chi connectivity index (χ0) is 9.84. The van der Waals surface area contributed by atoms with Crippen molar-refractivity contribution in [2.75, 3.05) is 20.3 Å². The number of nitrogens with zero attached hydrogens (tertiary/aromatic N) is 1. The summed E-state index contributed by atoms with van der Waals surface area (Å²) in [4.78, 5) is 2.58. The van der Waals surface area contributed by atoms with Crippen molar-refractivity contribution < 1.29 is 4.74 Å². The second-order valence-electron chi connectivity index (χ2n) is 4.58. The van der Waals surface area contributed by atoms with E-state index < -0.39 is 0 Å². The van der Waals surface area contributed by atoms with E-state index in [-0.39, 0.29) is 0 Å². The zero-order valence-electron chi connectivity index (χ0n) is 9.42. The third kappa shape index (κ3) is 2.96. The lowest BCUT2D eigenvalue weighted by atomic mass is 9.93. The molecule has 2 atom stereocenters. The Labute approximate surface area is 82.3 Å². The minimum Gasteiger partial charge on any atom is -0.383 e. The minimum atomic E-state index is 0.654. The average molecular weight is 185 g/mol. The summed E-state index contributed by atoms with van der Waals surface area (Å²) in [6, 6.07) is 1.31. The number of rotatable bonds is 3. The number of hydrogen-bond donors (Lipinski definition) is 0. The lowest BCUT2D eigenvalue weighted by Crippen LogP contribution is -2.48. The summed E-state index contributed by atoms with van der Waals surface area (Å²) in [6.45, 7) is 9.04. The molecule has 1 fully saturated rings. The van der Waals surface area contributed by atoms with Crippen molar-refractivity contribution in [1.82, 2.24) is 4.90 Å². The number of piperidine rings is 1. The quantitative estimate of drug-likeness (QED) is 0.668. The van der Waals surface area contributed by atoms with Gasteiger partial charge in [-0.2, -0.15) is 0 Å². The van der Waals surface area contributed by atoms with Crippen molar-refractivity contribution in [3.63, 3.8) is 0 Å².